The number of fused-ring (bicyclic) bond motifs is 2. The number of carbonyl (C=O) groups is 1. The first-order valence-electron chi connectivity index (χ1n) is 13.6. The van der Waals surface area contributed by atoms with E-state index in [1.54, 1.807) is 22.9 Å². The van der Waals surface area contributed by atoms with Crippen LogP contribution in [0.2, 0.25) is 0 Å². The average Bonchev–Trinajstić information content (AvgIpc) is 3.63. The number of aliphatic hydroxyl groups excluding tert-OH is 1. The Labute approximate surface area is 232 Å². The van der Waals surface area contributed by atoms with Crippen molar-refractivity contribution in [2.45, 2.75) is 45.4 Å². The number of aliphatic hydroxyl groups is 1. The number of benzene rings is 1. The highest BCUT2D eigenvalue weighted by Crippen LogP contribution is 2.29. The van der Waals surface area contributed by atoms with Gasteiger partial charge in [-0.3, -0.25) is 23.8 Å². The lowest BCUT2D eigenvalue weighted by Gasteiger charge is -2.22. The molecule has 2 N–H and O–H groups in total. The minimum absolute atomic E-state index is 0.0366. The van der Waals surface area contributed by atoms with Gasteiger partial charge >= 0.3 is 0 Å². The molecular formula is C30H33N7O3. The number of carbonyl (C=O) groups excluding carboxylic acids is 1. The number of anilines is 1. The standard InChI is InChI=1S/C30H33N7O3/c1-4-22-29-23(9-6-10-24(29)37(34-22)17-20-8-5-7-19(2)32-20)33-30(39)25-16-31-28-15-21(11-14-36(25)28)40-18-26-27(38)12-13-35(26)3/h5-11,14-16,26-27,38H,4,12-13,17-18H2,1-3H3,(H,33,39)/t26-,27+/m1/s1. The first-order chi connectivity index (χ1) is 19.4. The maximum Gasteiger partial charge on any atom is 0.274 e. The molecule has 5 aromatic rings. The molecule has 1 aliphatic heterocycles. The van der Waals surface area contributed by atoms with Crippen molar-refractivity contribution in [2.24, 2.45) is 0 Å². The molecule has 0 radical (unpaired) electrons. The number of rotatable bonds is 8. The quantitative estimate of drug-likeness (QED) is 0.309. The lowest BCUT2D eigenvalue weighted by atomic mass is 10.1. The van der Waals surface area contributed by atoms with Gasteiger partial charge in [0.25, 0.3) is 5.91 Å². The molecule has 0 bridgehead atoms. The van der Waals surface area contributed by atoms with Crippen molar-refractivity contribution in [3.05, 3.63) is 83.7 Å². The Morgan fingerprint density at radius 2 is 2.05 bits per heavy atom. The molecule has 0 saturated carbocycles. The zero-order chi connectivity index (χ0) is 27.8. The molecule has 40 heavy (non-hydrogen) atoms. The number of likely N-dealkylation sites (N-methyl/N-ethyl adjacent to an activating group) is 1. The molecule has 6 rings (SSSR count). The van der Waals surface area contributed by atoms with Gasteiger partial charge in [0.15, 0.2) is 0 Å². The lowest BCUT2D eigenvalue weighted by Crippen LogP contribution is -2.37. The number of nitrogens with one attached hydrogen (secondary N) is 1. The fraction of sp³-hybridized carbons (Fsp3) is 0.333. The summed E-state index contributed by atoms with van der Waals surface area (Å²) in [4.78, 5) is 24.6. The van der Waals surface area contributed by atoms with Crippen LogP contribution in [0.15, 0.2) is 60.9 Å². The van der Waals surface area contributed by atoms with Gasteiger partial charge in [-0.15, -0.1) is 0 Å². The molecule has 1 aliphatic rings. The minimum atomic E-state index is -0.389. The van der Waals surface area contributed by atoms with Gasteiger partial charge in [-0.25, -0.2) is 4.98 Å². The summed E-state index contributed by atoms with van der Waals surface area (Å²) in [5.74, 6) is 0.380. The van der Waals surface area contributed by atoms with Crippen LogP contribution in [0.4, 0.5) is 5.69 Å². The molecule has 2 atom stereocenters. The molecule has 206 valence electrons. The van der Waals surface area contributed by atoms with Crippen LogP contribution in [0.1, 0.15) is 40.9 Å². The Morgan fingerprint density at radius 1 is 1.20 bits per heavy atom. The van der Waals surface area contributed by atoms with E-state index in [9.17, 15) is 9.90 Å². The Balaban J connectivity index is 1.23. The highest BCUT2D eigenvalue weighted by Gasteiger charge is 2.30. The Bertz CT molecular complexity index is 1680. The van der Waals surface area contributed by atoms with Gasteiger partial charge in [-0.1, -0.05) is 19.1 Å². The van der Waals surface area contributed by atoms with Crippen molar-refractivity contribution in [3.63, 3.8) is 0 Å². The molecule has 1 amide bonds. The van der Waals surface area contributed by atoms with Crippen molar-refractivity contribution in [1.29, 1.82) is 0 Å². The van der Waals surface area contributed by atoms with Gasteiger partial charge in [-0.05, 0) is 57.1 Å². The number of hydrogen-bond donors (Lipinski definition) is 2. The van der Waals surface area contributed by atoms with Gasteiger partial charge in [0.05, 0.1) is 47.5 Å². The van der Waals surface area contributed by atoms with Crippen molar-refractivity contribution in [2.75, 3.05) is 25.5 Å². The number of aromatic nitrogens is 5. The molecule has 10 nitrogen and oxygen atoms in total. The number of hydrogen-bond acceptors (Lipinski definition) is 7. The second kappa shape index (κ2) is 10.7. The molecule has 1 aromatic carbocycles. The topological polar surface area (TPSA) is 110 Å². The summed E-state index contributed by atoms with van der Waals surface area (Å²) >= 11 is 0. The number of imidazole rings is 1. The zero-order valence-electron chi connectivity index (χ0n) is 22.9. The van der Waals surface area contributed by atoms with Crippen LogP contribution >= 0.6 is 0 Å². The maximum absolute atomic E-state index is 13.5. The van der Waals surface area contributed by atoms with Crippen LogP contribution in [0.3, 0.4) is 0 Å². The summed E-state index contributed by atoms with van der Waals surface area (Å²) < 4.78 is 9.65. The zero-order valence-corrected chi connectivity index (χ0v) is 22.9. The van der Waals surface area contributed by atoms with Crippen LogP contribution in [0.25, 0.3) is 16.6 Å². The van der Waals surface area contributed by atoms with Gasteiger partial charge in [0.1, 0.15) is 23.7 Å². The third kappa shape index (κ3) is 4.91. The third-order valence-corrected chi connectivity index (χ3v) is 7.62. The van der Waals surface area contributed by atoms with E-state index in [1.807, 2.05) is 61.1 Å². The second-order valence-corrected chi connectivity index (χ2v) is 10.3. The van der Waals surface area contributed by atoms with Gasteiger partial charge in [0.2, 0.25) is 0 Å². The van der Waals surface area contributed by atoms with E-state index in [1.165, 1.54) is 0 Å². The van der Waals surface area contributed by atoms with Crippen LogP contribution < -0.4 is 10.1 Å². The number of likely N-dealkylation sites (tertiary alicyclic amines) is 1. The molecule has 0 unspecified atom stereocenters. The van der Waals surface area contributed by atoms with Crippen LogP contribution in [0.5, 0.6) is 5.75 Å². The molecule has 0 spiro atoms. The first kappa shape index (κ1) is 26.0. The number of pyridine rings is 2. The predicted octanol–water partition coefficient (Wildman–Crippen LogP) is 3.69. The largest absolute Gasteiger partial charge is 0.492 e. The monoisotopic (exact) mass is 539 g/mol. The van der Waals surface area contributed by atoms with E-state index in [0.717, 1.165) is 47.4 Å². The Morgan fingerprint density at radius 3 is 2.83 bits per heavy atom. The normalized spacial score (nSPS) is 17.6. The van der Waals surface area contributed by atoms with Crippen molar-refractivity contribution in [3.8, 4) is 5.75 Å². The van der Waals surface area contributed by atoms with E-state index in [2.05, 4.69) is 27.1 Å². The Kier molecular flexibility index (Phi) is 6.95. The summed E-state index contributed by atoms with van der Waals surface area (Å²) in [6.07, 6.45) is 4.44. The molecule has 10 heteroatoms. The molecule has 4 aromatic heterocycles. The highest BCUT2D eigenvalue weighted by molar-refractivity contribution is 6.08. The minimum Gasteiger partial charge on any atom is -0.492 e. The second-order valence-electron chi connectivity index (χ2n) is 10.3. The van der Waals surface area contributed by atoms with Gasteiger partial charge in [0, 0.05) is 29.9 Å². The van der Waals surface area contributed by atoms with E-state index in [-0.39, 0.29) is 18.1 Å². The summed E-state index contributed by atoms with van der Waals surface area (Å²) in [6, 6.07) is 15.4. The molecule has 1 saturated heterocycles. The van der Waals surface area contributed by atoms with E-state index >= 15 is 0 Å². The number of ether oxygens (including phenoxy) is 1. The summed E-state index contributed by atoms with van der Waals surface area (Å²) in [6.45, 7) is 5.82. The summed E-state index contributed by atoms with van der Waals surface area (Å²) in [5, 5.41) is 19.1. The third-order valence-electron chi connectivity index (χ3n) is 7.62. The molecule has 5 heterocycles. The summed E-state index contributed by atoms with van der Waals surface area (Å²) in [7, 11) is 1.99. The van der Waals surface area contributed by atoms with Crippen molar-refractivity contribution in [1.82, 2.24) is 29.0 Å². The average molecular weight is 540 g/mol. The van der Waals surface area contributed by atoms with E-state index in [4.69, 9.17) is 9.84 Å². The smallest absolute Gasteiger partial charge is 0.274 e. The van der Waals surface area contributed by atoms with Crippen LogP contribution in [-0.4, -0.2) is 72.4 Å². The van der Waals surface area contributed by atoms with Gasteiger partial charge < -0.3 is 15.2 Å². The lowest BCUT2D eigenvalue weighted by molar-refractivity contribution is 0.0901. The van der Waals surface area contributed by atoms with Crippen molar-refractivity contribution < 1.29 is 14.6 Å². The Hall–Kier alpha value is -4.28. The van der Waals surface area contributed by atoms with Crippen LogP contribution in [-0.2, 0) is 13.0 Å². The fourth-order valence-corrected chi connectivity index (χ4v) is 5.44. The van der Waals surface area contributed by atoms with Crippen molar-refractivity contribution >= 4 is 28.1 Å². The van der Waals surface area contributed by atoms with E-state index in [0.29, 0.717) is 35.9 Å². The predicted molar refractivity (Wildman–Crippen MR) is 153 cm³/mol. The highest BCUT2D eigenvalue weighted by atomic mass is 16.5. The molecule has 0 aliphatic carbocycles. The molecular weight excluding hydrogens is 506 g/mol. The number of nitrogens with zero attached hydrogens (tertiary/aromatic N) is 6. The number of amides is 1. The summed E-state index contributed by atoms with van der Waals surface area (Å²) in [5.41, 5.74) is 5.48. The maximum atomic E-state index is 13.5. The molecule has 1 fully saturated rings. The van der Waals surface area contributed by atoms with Crippen LogP contribution in [0, 0.1) is 6.92 Å². The number of aryl methyl sites for hydroxylation is 2. The van der Waals surface area contributed by atoms with E-state index < -0.39 is 0 Å². The first-order valence-corrected chi connectivity index (χ1v) is 13.6. The fourth-order valence-electron chi connectivity index (χ4n) is 5.44. The van der Waals surface area contributed by atoms with Gasteiger partial charge in [-0.2, -0.15) is 5.10 Å². The SMILES string of the molecule is CCc1nn(Cc2cccc(C)n2)c2cccc(NC(=O)c3cnc4cc(OC[C@@H]5[C@@H](O)CCN5C)ccn34)c12.